The highest BCUT2D eigenvalue weighted by molar-refractivity contribution is 7.14. The number of hydrogen-bond donors (Lipinski definition) is 1. The van der Waals surface area contributed by atoms with Crippen LogP contribution >= 0.6 is 11.3 Å². The first-order chi connectivity index (χ1) is 9.08. The SMILES string of the molecule is Cc1cccc(-c2nnc(CNCC(C)C)s2)c1F. The van der Waals surface area contributed by atoms with E-state index in [4.69, 9.17) is 0 Å². The Morgan fingerprint density at radius 3 is 2.84 bits per heavy atom. The van der Waals surface area contributed by atoms with Crippen LogP contribution in [0.25, 0.3) is 10.6 Å². The summed E-state index contributed by atoms with van der Waals surface area (Å²) in [6, 6.07) is 5.34. The van der Waals surface area contributed by atoms with Gasteiger partial charge in [-0.3, -0.25) is 0 Å². The van der Waals surface area contributed by atoms with E-state index in [1.807, 2.05) is 6.07 Å². The van der Waals surface area contributed by atoms with E-state index in [2.05, 4.69) is 29.4 Å². The molecule has 1 aromatic carbocycles. The van der Waals surface area contributed by atoms with Gasteiger partial charge in [0, 0.05) is 12.1 Å². The molecule has 5 heteroatoms. The van der Waals surface area contributed by atoms with E-state index >= 15 is 0 Å². The van der Waals surface area contributed by atoms with Crippen LogP contribution in [0.4, 0.5) is 4.39 Å². The Hall–Kier alpha value is -1.33. The van der Waals surface area contributed by atoms with Crippen molar-refractivity contribution in [1.29, 1.82) is 0 Å². The highest BCUT2D eigenvalue weighted by Crippen LogP contribution is 2.27. The summed E-state index contributed by atoms with van der Waals surface area (Å²) in [5, 5.41) is 13.0. The van der Waals surface area contributed by atoms with Crippen LogP contribution in [0, 0.1) is 18.7 Å². The van der Waals surface area contributed by atoms with Gasteiger partial charge in [0.1, 0.15) is 10.8 Å². The molecule has 1 aromatic heterocycles. The van der Waals surface area contributed by atoms with Crippen molar-refractivity contribution in [1.82, 2.24) is 15.5 Å². The van der Waals surface area contributed by atoms with Gasteiger partial charge in [0.2, 0.25) is 0 Å². The molecule has 0 fully saturated rings. The molecule has 0 amide bonds. The van der Waals surface area contributed by atoms with Crippen LogP contribution in [-0.4, -0.2) is 16.7 Å². The summed E-state index contributed by atoms with van der Waals surface area (Å²) in [6.45, 7) is 7.68. The van der Waals surface area contributed by atoms with Crippen LogP contribution < -0.4 is 5.32 Å². The predicted octanol–water partition coefficient (Wildman–Crippen LogP) is 3.40. The second kappa shape index (κ2) is 6.21. The fourth-order valence-electron chi connectivity index (χ4n) is 1.71. The molecule has 2 rings (SSSR count). The fraction of sp³-hybridized carbons (Fsp3) is 0.429. The smallest absolute Gasteiger partial charge is 0.150 e. The minimum Gasteiger partial charge on any atom is -0.310 e. The summed E-state index contributed by atoms with van der Waals surface area (Å²) in [6.07, 6.45) is 0. The molecule has 0 saturated heterocycles. The number of aryl methyl sites for hydroxylation is 1. The molecule has 0 spiro atoms. The largest absolute Gasteiger partial charge is 0.310 e. The summed E-state index contributed by atoms with van der Waals surface area (Å²) in [5.74, 6) is 0.391. The highest BCUT2D eigenvalue weighted by atomic mass is 32.1. The van der Waals surface area contributed by atoms with Gasteiger partial charge in [0.15, 0.2) is 5.01 Å². The second-order valence-corrected chi connectivity index (χ2v) is 6.02. The Morgan fingerprint density at radius 2 is 2.11 bits per heavy atom. The van der Waals surface area contributed by atoms with Gasteiger partial charge in [-0.2, -0.15) is 0 Å². The second-order valence-electron chi connectivity index (χ2n) is 4.96. The average Bonchev–Trinajstić information content (AvgIpc) is 2.81. The van der Waals surface area contributed by atoms with Gasteiger partial charge in [-0.05, 0) is 31.0 Å². The zero-order chi connectivity index (χ0) is 13.8. The maximum absolute atomic E-state index is 14.0. The molecule has 3 nitrogen and oxygen atoms in total. The van der Waals surface area contributed by atoms with E-state index < -0.39 is 0 Å². The minimum absolute atomic E-state index is 0.208. The average molecular weight is 279 g/mol. The molecule has 1 heterocycles. The quantitative estimate of drug-likeness (QED) is 0.911. The van der Waals surface area contributed by atoms with Crippen molar-refractivity contribution in [2.75, 3.05) is 6.54 Å². The van der Waals surface area contributed by atoms with Crippen molar-refractivity contribution in [2.45, 2.75) is 27.3 Å². The molecule has 0 bridgehead atoms. The van der Waals surface area contributed by atoms with Gasteiger partial charge in [0.05, 0.1) is 0 Å². The molecule has 0 saturated carbocycles. The zero-order valence-corrected chi connectivity index (χ0v) is 12.2. The molecule has 0 atom stereocenters. The monoisotopic (exact) mass is 279 g/mol. The summed E-state index contributed by atoms with van der Waals surface area (Å²) in [7, 11) is 0. The van der Waals surface area contributed by atoms with Crippen molar-refractivity contribution in [3.8, 4) is 10.6 Å². The Kier molecular flexibility index (Phi) is 4.61. The third kappa shape index (κ3) is 3.58. The van der Waals surface area contributed by atoms with Crippen LogP contribution in [0.3, 0.4) is 0 Å². The Bertz CT molecular complexity index is 551. The van der Waals surface area contributed by atoms with Crippen molar-refractivity contribution in [3.05, 3.63) is 34.6 Å². The topological polar surface area (TPSA) is 37.8 Å². The van der Waals surface area contributed by atoms with Crippen molar-refractivity contribution in [2.24, 2.45) is 5.92 Å². The first-order valence-electron chi connectivity index (χ1n) is 6.36. The van der Waals surface area contributed by atoms with Crippen molar-refractivity contribution in [3.63, 3.8) is 0 Å². The molecule has 1 N–H and O–H groups in total. The Morgan fingerprint density at radius 1 is 1.32 bits per heavy atom. The Labute approximate surface area is 116 Å². The maximum Gasteiger partial charge on any atom is 0.150 e. The lowest BCUT2D eigenvalue weighted by molar-refractivity contribution is 0.550. The number of nitrogens with zero attached hydrogens (tertiary/aromatic N) is 2. The summed E-state index contributed by atoms with van der Waals surface area (Å²) < 4.78 is 14.0. The number of hydrogen-bond acceptors (Lipinski definition) is 4. The van der Waals surface area contributed by atoms with E-state index in [1.165, 1.54) is 11.3 Å². The first-order valence-corrected chi connectivity index (χ1v) is 7.18. The number of halogens is 1. The maximum atomic E-state index is 14.0. The lowest BCUT2D eigenvalue weighted by atomic mass is 10.1. The highest BCUT2D eigenvalue weighted by Gasteiger charge is 2.12. The summed E-state index contributed by atoms with van der Waals surface area (Å²) >= 11 is 1.44. The van der Waals surface area contributed by atoms with E-state index in [9.17, 15) is 4.39 Å². The standard InChI is InChI=1S/C14H18FN3S/c1-9(2)7-16-8-12-17-18-14(19-12)11-6-4-5-10(3)13(11)15/h4-6,9,16H,7-8H2,1-3H3. The summed E-state index contributed by atoms with van der Waals surface area (Å²) in [4.78, 5) is 0. The normalized spacial score (nSPS) is 11.2. The van der Waals surface area contributed by atoms with Gasteiger partial charge in [-0.15, -0.1) is 10.2 Å². The van der Waals surface area contributed by atoms with E-state index in [0.29, 0.717) is 28.6 Å². The van der Waals surface area contributed by atoms with E-state index in [-0.39, 0.29) is 5.82 Å². The molecule has 19 heavy (non-hydrogen) atoms. The zero-order valence-electron chi connectivity index (χ0n) is 11.4. The number of rotatable bonds is 5. The van der Waals surface area contributed by atoms with Crippen LogP contribution in [0.2, 0.25) is 0 Å². The molecule has 0 aliphatic rings. The van der Waals surface area contributed by atoms with Gasteiger partial charge < -0.3 is 5.32 Å². The van der Waals surface area contributed by atoms with E-state index in [1.54, 1.807) is 19.1 Å². The first kappa shape index (κ1) is 14.1. The molecule has 0 radical (unpaired) electrons. The molecule has 0 aliphatic carbocycles. The molecule has 0 unspecified atom stereocenters. The fourth-order valence-corrected chi connectivity index (χ4v) is 2.54. The van der Waals surface area contributed by atoms with Crippen LogP contribution in [0.5, 0.6) is 0 Å². The van der Waals surface area contributed by atoms with Crippen LogP contribution in [0.1, 0.15) is 24.4 Å². The predicted molar refractivity (Wildman–Crippen MR) is 76.6 cm³/mol. The van der Waals surface area contributed by atoms with Gasteiger partial charge in [-0.1, -0.05) is 37.3 Å². The van der Waals surface area contributed by atoms with Gasteiger partial charge >= 0.3 is 0 Å². The van der Waals surface area contributed by atoms with Gasteiger partial charge in [-0.25, -0.2) is 4.39 Å². The Balaban J connectivity index is 2.10. The number of nitrogens with one attached hydrogen (secondary N) is 1. The van der Waals surface area contributed by atoms with Crippen LogP contribution in [0.15, 0.2) is 18.2 Å². The lowest BCUT2D eigenvalue weighted by Crippen LogP contribution is -2.18. The van der Waals surface area contributed by atoms with Crippen molar-refractivity contribution < 1.29 is 4.39 Å². The number of aromatic nitrogens is 2. The van der Waals surface area contributed by atoms with Crippen LogP contribution in [-0.2, 0) is 6.54 Å². The molecule has 102 valence electrons. The van der Waals surface area contributed by atoms with E-state index in [0.717, 1.165) is 11.6 Å². The van der Waals surface area contributed by atoms with Crippen molar-refractivity contribution >= 4 is 11.3 Å². The third-order valence-corrected chi connectivity index (χ3v) is 3.67. The molecule has 0 aliphatic heterocycles. The minimum atomic E-state index is -0.208. The molecular formula is C14H18FN3S. The van der Waals surface area contributed by atoms with Gasteiger partial charge in [0.25, 0.3) is 0 Å². The molecular weight excluding hydrogens is 261 g/mol. The third-order valence-electron chi connectivity index (χ3n) is 2.72. The lowest BCUT2D eigenvalue weighted by Gasteiger charge is -2.04. The summed E-state index contributed by atoms with van der Waals surface area (Å²) in [5.41, 5.74) is 1.17. The number of benzene rings is 1. The molecule has 2 aromatic rings.